The Labute approximate surface area is 106 Å². The van der Waals surface area contributed by atoms with Gasteiger partial charge in [0, 0.05) is 19.6 Å². The SMILES string of the molecule is CCn1cnc(NC(=O)N2CC3CCCC3C2)n1. The Morgan fingerprint density at radius 2 is 2.17 bits per heavy atom. The van der Waals surface area contributed by atoms with Gasteiger partial charge in [0.05, 0.1) is 0 Å². The molecule has 1 aromatic rings. The number of aromatic nitrogens is 3. The molecule has 6 nitrogen and oxygen atoms in total. The minimum Gasteiger partial charge on any atom is -0.324 e. The van der Waals surface area contributed by atoms with Gasteiger partial charge in [0.25, 0.3) is 0 Å². The first-order chi connectivity index (χ1) is 8.76. The average Bonchev–Trinajstić information content (AvgIpc) is 3.02. The van der Waals surface area contributed by atoms with E-state index in [0.29, 0.717) is 5.95 Å². The first kappa shape index (κ1) is 11.5. The van der Waals surface area contributed by atoms with Gasteiger partial charge in [-0.25, -0.2) is 9.78 Å². The van der Waals surface area contributed by atoms with E-state index in [2.05, 4.69) is 15.4 Å². The number of hydrogen-bond acceptors (Lipinski definition) is 3. The van der Waals surface area contributed by atoms with E-state index in [1.165, 1.54) is 19.3 Å². The molecule has 0 radical (unpaired) electrons. The number of anilines is 1. The van der Waals surface area contributed by atoms with Crippen LogP contribution in [0, 0.1) is 11.8 Å². The van der Waals surface area contributed by atoms with Gasteiger partial charge in [0.2, 0.25) is 5.95 Å². The molecule has 1 aromatic heterocycles. The smallest absolute Gasteiger partial charge is 0.324 e. The van der Waals surface area contributed by atoms with Crippen molar-refractivity contribution in [3.63, 3.8) is 0 Å². The zero-order valence-corrected chi connectivity index (χ0v) is 10.7. The number of hydrogen-bond donors (Lipinski definition) is 1. The largest absolute Gasteiger partial charge is 0.324 e. The Morgan fingerprint density at radius 3 is 2.78 bits per heavy atom. The molecule has 2 fully saturated rings. The van der Waals surface area contributed by atoms with Gasteiger partial charge in [-0.15, -0.1) is 5.10 Å². The fourth-order valence-electron chi connectivity index (χ4n) is 3.08. The van der Waals surface area contributed by atoms with E-state index in [9.17, 15) is 4.79 Å². The predicted octanol–water partition coefficient (Wildman–Crippen LogP) is 1.56. The lowest BCUT2D eigenvalue weighted by Crippen LogP contribution is -2.34. The van der Waals surface area contributed by atoms with E-state index in [-0.39, 0.29) is 6.03 Å². The number of urea groups is 1. The first-order valence-electron chi connectivity index (χ1n) is 6.71. The molecule has 1 aliphatic heterocycles. The number of rotatable bonds is 2. The van der Waals surface area contributed by atoms with Crippen LogP contribution in [-0.2, 0) is 6.54 Å². The van der Waals surface area contributed by atoms with E-state index < -0.39 is 0 Å². The summed E-state index contributed by atoms with van der Waals surface area (Å²) in [6.07, 6.45) is 5.51. The number of likely N-dealkylation sites (tertiary alicyclic amines) is 1. The number of nitrogens with one attached hydrogen (secondary N) is 1. The molecule has 0 bridgehead atoms. The molecule has 2 atom stereocenters. The van der Waals surface area contributed by atoms with Gasteiger partial charge in [-0.1, -0.05) is 6.42 Å². The Kier molecular flexibility index (Phi) is 2.93. The molecular weight excluding hydrogens is 230 g/mol. The van der Waals surface area contributed by atoms with Crippen LogP contribution in [0.1, 0.15) is 26.2 Å². The second kappa shape index (κ2) is 4.59. The third-order valence-corrected chi connectivity index (χ3v) is 4.09. The lowest BCUT2D eigenvalue weighted by molar-refractivity contribution is 0.218. The molecule has 2 amide bonds. The monoisotopic (exact) mass is 249 g/mol. The normalized spacial score (nSPS) is 26.4. The van der Waals surface area contributed by atoms with Crippen LogP contribution in [0.25, 0.3) is 0 Å². The van der Waals surface area contributed by atoms with Crippen LogP contribution in [0.5, 0.6) is 0 Å². The van der Waals surface area contributed by atoms with Crippen molar-refractivity contribution in [3.05, 3.63) is 6.33 Å². The Morgan fingerprint density at radius 1 is 1.44 bits per heavy atom. The lowest BCUT2D eigenvalue weighted by Gasteiger charge is -2.16. The van der Waals surface area contributed by atoms with Gasteiger partial charge >= 0.3 is 6.03 Å². The Balaban J connectivity index is 1.58. The molecule has 3 rings (SSSR count). The number of fused-ring (bicyclic) bond motifs is 1. The van der Waals surface area contributed by atoms with Crippen LogP contribution in [0.2, 0.25) is 0 Å². The maximum absolute atomic E-state index is 12.1. The summed E-state index contributed by atoms with van der Waals surface area (Å²) in [6, 6.07) is -0.0572. The number of amides is 2. The minimum absolute atomic E-state index is 0.0572. The van der Waals surface area contributed by atoms with Crippen LogP contribution in [-0.4, -0.2) is 38.8 Å². The maximum atomic E-state index is 12.1. The van der Waals surface area contributed by atoms with Gasteiger partial charge in [-0.3, -0.25) is 10.00 Å². The molecule has 2 aliphatic rings. The highest BCUT2D eigenvalue weighted by molar-refractivity contribution is 5.87. The third-order valence-electron chi connectivity index (χ3n) is 4.09. The molecule has 18 heavy (non-hydrogen) atoms. The molecule has 1 N–H and O–H groups in total. The van der Waals surface area contributed by atoms with Gasteiger partial charge in [-0.05, 0) is 31.6 Å². The van der Waals surface area contributed by atoms with Gasteiger partial charge in [0.15, 0.2) is 0 Å². The summed E-state index contributed by atoms with van der Waals surface area (Å²) in [6.45, 7) is 4.54. The van der Waals surface area contributed by atoms with Crippen molar-refractivity contribution in [1.29, 1.82) is 0 Å². The van der Waals surface area contributed by atoms with Crippen molar-refractivity contribution in [3.8, 4) is 0 Å². The second-order valence-corrected chi connectivity index (χ2v) is 5.21. The number of carbonyl (C=O) groups is 1. The summed E-state index contributed by atoms with van der Waals surface area (Å²) < 4.78 is 1.70. The molecule has 98 valence electrons. The summed E-state index contributed by atoms with van der Waals surface area (Å²) in [5.74, 6) is 1.84. The van der Waals surface area contributed by atoms with Crippen molar-refractivity contribution < 1.29 is 4.79 Å². The molecule has 1 aliphatic carbocycles. The summed E-state index contributed by atoms with van der Waals surface area (Å²) in [5.41, 5.74) is 0. The average molecular weight is 249 g/mol. The van der Waals surface area contributed by atoms with Crippen LogP contribution in [0.15, 0.2) is 6.33 Å². The van der Waals surface area contributed by atoms with E-state index in [0.717, 1.165) is 31.5 Å². The highest BCUT2D eigenvalue weighted by atomic mass is 16.2. The van der Waals surface area contributed by atoms with E-state index in [1.54, 1.807) is 11.0 Å². The standard InChI is InChI=1S/C12H19N5O/c1-2-17-8-13-11(15-17)14-12(18)16-6-9-4-3-5-10(9)7-16/h8-10H,2-7H2,1H3,(H,14,15,18). The molecule has 6 heteroatoms. The Bertz CT molecular complexity index is 431. The zero-order chi connectivity index (χ0) is 12.5. The summed E-state index contributed by atoms with van der Waals surface area (Å²) >= 11 is 0. The molecule has 0 spiro atoms. The highest BCUT2D eigenvalue weighted by Gasteiger charge is 2.38. The lowest BCUT2D eigenvalue weighted by atomic mass is 10.0. The fourth-order valence-corrected chi connectivity index (χ4v) is 3.08. The quantitative estimate of drug-likeness (QED) is 0.865. The summed E-state index contributed by atoms with van der Waals surface area (Å²) in [7, 11) is 0. The van der Waals surface area contributed by atoms with Crippen LogP contribution < -0.4 is 5.32 Å². The zero-order valence-electron chi connectivity index (χ0n) is 10.7. The van der Waals surface area contributed by atoms with Gasteiger partial charge in [-0.2, -0.15) is 0 Å². The summed E-state index contributed by atoms with van der Waals surface area (Å²) in [5, 5.41) is 6.93. The van der Waals surface area contributed by atoms with Crippen molar-refractivity contribution >= 4 is 12.0 Å². The van der Waals surface area contributed by atoms with Crippen molar-refractivity contribution in [2.45, 2.75) is 32.7 Å². The van der Waals surface area contributed by atoms with Crippen LogP contribution in [0.4, 0.5) is 10.7 Å². The molecule has 2 unspecified atom stereocenters. The number of nitrogens with zero attached hydrogens (tertiary/aromatic N) is 4. The highest BCUT2D eigenvalue weighted by Crippen LogP contribution is 2.37. The molecule has 1 saturated carbocycles. The molecule has 0 aromatic carbocycles. The van der Waals surface area contributed by atoms with Gasteiger partial charge < -0.3 is 4.90 Å². The molecular formula is C12H19N5O. The number of aryl methyl sites for hydroxylation is 1. The van der Waals surface area contributed by atoms with Crippen molar-refractivity contribution in [1.82, 2.24) is 19.7 Å². The van der Waals surface area contributed by atoms with Crippen LogP contribution >= 0.6 is 0 Å². The van der Waals surface area contributed by atoms with Crippen LogP contribution in [0.3, 0.4) is 0 Å². The predicted molar refractivity (Wildman–Crippen MR) is 67.1 cm³/mol. The number of carbonyl (C=O) groups excluding carboxylic acids is 1. The molecule has 1 saturated heterocycles. The van der Waals surface area contributed by atoms with Crippen molar-refractivity contribution in [2.75, 3.05) is 18.4 Å². The second-order valence-electron chi connectivity index (χ2n) is 5.21. The first-order valence-corrected chi connectivity index (χ1v) is 6.71. The van der Waals surface area contributed by atoms with E-state index in [4.69, 9.17) is 0 Å². The molecule has 2 heterocycles. The minimum atomic E-state index is -0.0572. The maximum Gasteiger partial charge on any atom is 0.324 e. The fraction of sp³-hybridized carbons (Fsp3) is 0.750. The third kappa shape index (κ3) is 2.07. The summed E-state index contributed by atoms with van der Waals surface area (Å²) in [4.78, 5) is 18.0. The topological polar surface area (TPSA) is 63.1 Å². The van der Waals surface area contributed by atoms with Crippen molar-refractivity contribution in [2.24, 2.45) is 11.8 Å². The van der Waals surface area contributed by atoms with E-state index >= 15 is 0 Å². The Hall–Kier alpha value is -1.59. The van der Waals surface area contributed by atoms with Gasteiger partial charge in [0.1, 0.15) is 6.33 Å². The van der Waals surface area contributed by atoms with E-state index in [1.807, 2.05) is 11.8 Å².